The molecule has 2 unspecified atom stereocenters. The van der Waals surface area contributed by atoms with E-state index in [0.29, 0.717) is 19.3 Å². The lowest BCUT2D eigenvalue weighted by Gasteiger charge is -2.43. The van der Waals surface area contributed by atoms with E-state index in [1.165, 1.54) is 79.4 Å². The number of aryl methyl sites for hydroxylation is 8. The maximum Gasteiger partial charge on any atom is 0.305 e. The molecule has 6 aromatic rings. The molecule has 0 aliphatic carbocycles. The number of carboxylic acid groups (broad SMARTS) is 1. The summed E-state index contributed by atoms with van der Waals surface area (Å²) in [6.07, 6.45) is 9.58. The van der Waals surface area contributed by atoms with Crippen LogP contribution in [0.15, 0.2) is 121 Å². The third kappa shape index (κ3) is 17.3. The molecule has 2 N–H and O–H groups in total. The van der Waals surface area contributed by atoms with Crippen LogP contribution in [0.1, 0.15) is 208 Å². The maximum absolute atomic E-state index is 11.5. The average molecular weight is 1160 g/mol. The lowest BCUT2D eigenvalue weighted by molar-refractivity contribution is -0.140. The Morgan fingerprint density at radius 1 is 0.488 bits per heavy atom. The van der Waals surface area contributed by atoms with E-state index < -0.39 is 14.3 Å². The van der Waals surface area contributed by atoms with Gasteiger partial charge in [0.1, 0.15) is 0 Å². The first kappa shape index (κ1) is 69.2. The molecule has 7 heteroatoms. The second kappa shape index (κ2) is 29.2. The van der Waals surface area contributed by atoms with Gasteiger partial charge in [0.05, 0.1) is 19.3 Å². The quantitative estimate of drug-likeness (QED) is 0.0463. The summed E-state index contributed by atoms with van der Waals surface area (Å²) in [7, 11) is -0.427. The molecule has 2 atom stereocenters. The van der Waals surface area contributed by atoms with Gasteiger partial charge in [0, 0.05) is 23.7 Å². The summed E-state index contributed by atoms with van der Waals surface area (Å²) in [5.74, 6) is -0.934. The maximum atomic E-state index is 11.5. The topological polar surface area (TPSA) is 93.1 Å². The summed E-state index contributed by atoms with van der Waals surface area (Å²) in [6.45, 7) is 43.1. The van der Waals surface area contributed by atoms with Crippen molar-refractivity contribution >= 4 is 20.3 Å². The van der Waals surface area contributed by atoms with Gasteiger partial charge in [-0.25, -0.2) is 0 Å². The number of carboxylic acids is 1. The summed E-state index contributed by atoms with van der Waals surface area (Å²) >= 11 is 0. The number of aliphatic hydroxyl groups is 1. The molecule has 0 saturated carbocycles. The molecule has 0 amide bonds. The van der Waals surface area contributed by atoms with E-state index in [2.05, 4.69) is 240 Å². The van der Waals surface area contributed by atoms with Crippen LogP contribution in [0.4, 0.5) is 0 Å². The number of aliphatic carboxylic acids is 1. The molecule has 0 heterocycles. The van der Waals surface area contributed by atoms with Crippen molar-refractivity contribution in [2.75, 3.05) is 7.11 Å². The first-order chi connectivity index (χ1) is 39.3. The van der Waals surface area contributed by atoms with Crippen LogP contribution in [0, 0.1) is 38.5 Å². The molecule has 6 nitrogen and oxygen atoms in total. The van der Waals surface area contributed by atoms with Gasteiger partial charge in [0.15, 0.2) is 8.32 Å². The molecule has 0 spiro atoms. The molecule has 0 saturated heterocycles. The van der Waals surface area contributed by atoms with E-state index in [9.17, 15) is 14.7 Å². The standard InChI is InChI=1S/C42H62O3Si.C35H46O3/c1-14-42(15-2,36-24-25-37(31(4)29-36)34-19-16-32(17-20-34)18-27-39(43)44-11)35-23-21-33(30(3)28-35)22-26-38(40(5,6)7)45-46(12,13)41(8,9)10;1-8-35(9-2,29-17-15-27(24(3)22-29)16-20-32(36)34(5,6)7)30-18-19-31(25(4)23-30)28-13-10-26(11-14-28)12-21-33(37)38/h16-17,19-21,23-25,28-29,38H,14-15,18,22,26-27H2,1-13H3;10-11,13-15,17-19,22-23,32,36H,8-9,12,16,20-21H2,1-7H3,(H,37,38). The van der Waals surface area contributed by atoms with Crippen LogP contribution in [0.5, 0.6) is 0 Å². The van der Waals surface area contributed by atoms with Crippen LogP contribution >= 0.6 is 0 Å². The van der Waals surface area contributed by atoms with Crippen LogP contribution in [0.3, 0.4) is 0 Å². The van der Waals surface area contributed by atoms with Crippen molar-refractivity contribution in [3.63, 3.8) is 0 Å². The molecular formula is C77H108O6Si. The van der Waals surface area contributed by atoms with Gasteiger partial charge < -0.3 is 19.4 Å². The number of carbonyl (C=O) groups is 2. The van der Waals surface area contributed by atoms with Gasteiger partial charge in [-0.2, -0.15) is 0 Å². The van der Waals surface area contributed by atoms with Crippen molar-refractivity contribution in [1.82, 2.24) is 0 Å². The molecule has 0 aliphatic heterocycles. The van der Waals surface area contributed by atoms with Gasteiger partial charge >= 0.3 is 11.9 Å². The van der Waals surface area contributed by atoms with E-state index in [0.717, 1.165) is 68.1 Å². The Morgan fingerprint density at radius 2 is 0.857 bits per heavy atom. The lowest BCUT2D eigenvalue weighted by atomic mass is 9.69. The highest BCUT2D eigenvalue weighted by Gasteiger charge is 2.42. The molecule has 84 heavy (non-hydrogen) atoms. The molecule has 456 valence electrons. The first-order valence-electron chi connectivity index (χ1n) is 31.5. The minimum Gasteiger partial charge on any atom is -0.481 e. The number of rotatable bonds is 24. The van der Waals surface area contributed by atoms with Crippen LogP contribution in [0.25, 0.3) is 22.3 Å². The Kier molecular flexibility index (Phi) is 24.0. The predicted molar refractivity (Wildman–Crippen MR) is 358 cm³/mol. The number of esters is 1. The third-order valence-corrected chi connectivity index (χ3v) is 23.8. The number of carbonyl (C=O) groups excluding carboxylic acids is 1. The second-order valence-electron chi connectivity index (χ2n) is 28.0. The normalized spacial score (nSPS) is 13.2. The van der Waals surface area contributed by atoms with Crippen molar-refractivity contribution < 1.29 is 29.0 Å². The molecule has 0 fully saturated rings. The smallest absolute Gasteiger partial charge is 0.305 e. The Morgan fingerprint density at radius 3 is 1.18 bits per heavy atom. The Labute approximate surface area is 510 Å². The number of ether oxygens (including phenoxy) is 1. The predicted octanol–water partition coefficient (Wildman–Crippen LogP) is 20.0. The molecular weight excluding hydrogens is 1050 g/mol. The zero-order valence-electron chi connectivity index (χ0n) is 55.7. The minimum absolute atomic E-state index is 0.0380. The van der Waals surface area contributed by atoms with Crippen molar-refractivity contribution in [2.24, 2.45) is 10.8 Å². The van der Waals surface area contributed by atoms with Crippen LogP contribution in [0.2, 0.25) is 18.1 Å². The van der Waals surface area contributed by atoms with Gasteiger partial charge in [-0.05, 0) is 210 Å². The Hall–Kier alpha value is -5.60. The van der Waals surface area contributed by atoms with Crippen molar-refractivity contribution in [3.05, 3.63) is 188 Å². The van der Waals surface area contributed by atoms with E-state index in [-0.39, 0.29) is 51.3 Å². The van der Waals surface area contributed by atoms with Crippen LogP contribution < -0.4 is 0 Å². The fourth-order valence-corrected chi connectivity index (χ4v) is 13.6. The zero-order valence-corrected chi connectivity index (χ0v) is 56.7. The van der Waals surface area contributed by atoms with E-state index in [4.69, 9.17) is 14.3 Å². The number of aliphatic hydroxyl groups excluding tert-OH is 1. The highest BCUT2D eigenvalue weighted by atomic mass is 28.4. The zero-order chi connectivity index (χ0) is 62.6. The van der Waals surface area contributed by atoms with Crippen molar-refractivity contribution in [3.8, 4) is 22.3 Å². The number of hydrogen-bond donors (Lipinski definition) is 2. The fraction of sp³-hybridized carbons (Fsp3) is 0.506. The van der Waals surface area contributed by atoms with E-state index in [1.54, 1.807) is 0 Å². The van der Waals surface area contributed by atoms with E-state index in [1.807, 2.05) is 12.1 Å². The third-order valence-electron chi connectivity index (χ3n) is 19.3. The molecule has 6 rings (SSSR count). The second-order valence-corrected chi connectivity index (χ2v) is 32.7. The number of benzene rings is 6. The largest absolute Gasteiger partial charge is 0.481 e. The Balaban J connectivity index is 0.000000313. The molecule has 0 aliphatic rings. The van der Waals surface area contributed by atoms with Gasteiger partial charge in [0.2, 0.25) is 0 Å². The SMILES string of the molecule is CCC(CC)(c1ccc(CCC(O)C(C)(C)C)c(C)c1)c1ccc(-c2ccc(CCC(=O)O)cc2)c(C)c1.CCC(CC)(c1ccc(CCC(O[Si](C)(C)C(C)(C)C)C(C)(C)C)c(C)c1)c1ccc(-c2ccc(CCC(=O)OC)cc2)c(C)c1. The molecule has 6 aromatic carbocycles. The van der Waals surface area contributed by atoms with Crippen molar-refractivity contribution in [2.45, 2.75) is 236 Å². The lowest BCUT2D eigenvalue weighted by Crippen LogP contribution is -2.47. The number of methoxy groups -OCH3 is 1. The summed E-state index contributed by atoms with van der Waals surface area (Å²) in [5.41, 5.74) is 20.4. The summed E-state index contributed by atoms with van der Waals surface area (Å²) in [5, 5.41) is 19.7. The van der Waals surface area contributed by atoms with Gasteiger partial charge in [0.25, 0.3) is 0 Å². The highest BCUT2D eigenvalue weighted by molar-refractivity contribution is 6.74. The highest BCUT2D eigenvalue weighted by Crippen LogP contribution is 2.45. The van der Waals surface area contributed by atoms with Gasteiger partial charge in [-0.1, -0.05) is 211 Å². The van der Waals surface area contributed by atoms with Crippen LogP contribution in [-0.2, 0) is 55.3 Å². The first-order valence-corrected chi connectivity index (χ1v) is 34.5. The fourth-order valence-electron chi connectivity index (χ4n) is 12.1. The van der Waals surface area contributed by atoms with Crippen LogP contribution in [-0.4, -0.2) is 49.8 Å². The molecule has 0 radical (unpaired) electrons. The monoisotopic (exact) mass is 1160 g/mol. The minimum atomic E-state index is -1.87. The Bertz CT molecular complexity index is 3100. The summed E-state index contributed by atoms with van der Waals surface area (Å²) < 4.78 is 11.8. The van der Waals surface area contributed by atoms with Gasteiger partial charge in [-0.15, -0.1) is 0 Å². The molecule has 0 aromatic heterocycles. The summed E-state index contributed by atoms with van der Waals surface area (Å²) in [4.78, 5) is 22.4. The average Bonchev–Trinajstić information content (AvgIpc) is 2.00. The van der Waals surface area contributed by atoms with E-state index >= 15 is 0 Å². The summed E-state index contributed by atoms with van der Waals surface area (Å²) in [6, 6.07) is 45.0. The van der Waals surface area contributed by atoms with Crippen molar-refractivity contribution in [1.29, 1.82) is 0 Å². The number of hydrogen-bond acceptors (Lipinski definition) is 5. The van der Waals surface area contributed by atoms with Gasteiger partial charge in [-0.3, -0.25) is 9.59 Å². The molecule has 0 bridgehead atoms.